The minimum atomic E-state index is -0.165. The molecule has 140 valence electrons. The molecule has 2 aromatic rings. The fourth-order valence-corrected chi connectivity index (χ4v) is 2.37. The number of benzene rings is 2. The van der Waals surface area contributed by atoms with Crippen LogP contribution in [-0.2, 0) is 10.2 Å². The van der Waals surface area contributed by atoms with Gasteiger partial charge in [-0.1, -0.05) is 20.8 Å². The van der Waals surface area contributed by atoms with Crippen molar-refractivity contribution in [2.75, 3.05) is 28.1 Å². The highest BCUT2D eigenvalue weighted by Crippen LogP contribution is 2.42. The van der Waals surface area contributed by atoms with Gasteiger partial charge in [0.2, 0.25) is 0 Å². The van der Waals surface area contributed by atoms with E-state index >= 15 is 0 Å². The summed E-state index contributed by atoms with van der Waals surface area (Å²) in [6.45, 7) is 6.43. The number of rotatable bonds is 7. The van der Waals surface area contributed by atoms with Crippen LogP contribution in [-0.4, -0.2) is 28.1 Å². The van der Waals surface area contributed by atoms with E-state index in [1.807, 2.05) is 30.3 Å². The molecule has 0 heterocycles. The maximum atomic E-state index is 5.82. The second-order valence-electron chi connectivity index (χ2n) is 6.72. The number of ether oxygens (including phenoxy) is 4. The Hall–Kier alpha value is -2.60. The molecule has 0 amide bonds. The minimum Gasteiger partial charge on any atom is -0.497 e. The first-order valence-electron chi connectivity index (χ1n) is 8.29. The van der Waals surface area contributed by atoms with Gasteiger partial charge in [-0.2, -0.15) is 5.11 Å². The summed E-state index contributed by atoms with van der Waals surface area (Å²) < 4.78 is 21.5. The van der Waals surface area contributed by atoms with Gasteiger partial charge in [0, 0.05) is 18.7 Å². The predicted octanol–water partition coefficient (Wildman–Crippen LogP) is 5.40. The topological polar surface area (TPSA) is 61.6 Å². The van der Waals surface area contributed by atoms with E-state index in [-0.39, 0.29) is 12.2 Å². The highest BCUT2D eigenvalue weighted by molar-refractivity contribution is 5.62. The van der Waals surface area contributed by atoms with E-state index in [9.17, 15) is 0 Å². The molecule has 2 rings (SSSR count). The Morgan fingerprint density at radius 3 is 2.04 bits per heavy atom. The van der Waals surface area contributed by atoms with Crippen molar-refractivity contribution in [3.63, 3.8) is 0 Å². The Labute approximate surface area is 154 Å². The molecule has 0 fully saturated rings. The number of nitrogens with zero attached hydrogens (tertiary/aromatic N) is 2. The number of hydrogen-bond donors (Lipinski definition) is 0. The summed E-state index contributed by atoms with van der Waals surface area (Å²) in [7, 11) is 4.83. The van der Waals surface area contributed by atoms with Crippen LogP contribution in [0.4, 0.5) is 11.4 Å². The molecule has 0 aliphatic carbocycles. The summed E-state index contributed by atoms with van der Waals surface area (Å²) in [5.74, 6) is 2.10. The molecule has 6 heteroatoms. The van der Waals surface area contributed by atoms with E-state index in [2.05, 4.69) is 31.0 Å². The molecule has 0 saturated carbocycles. The quantitative estimate of drug-likeness (QED) is 0.491. The normalized spacial score (nSPS) is 11.6. The highest BCUT2D eigenvalue weighted by Gasteiger charge is 2.23. The molecular weight excluding hydrogens is 332 g/mol. The molecule has 0 spiro atoms. The number of hydrogen-bond acceptors (Lipinski definition) is 6. The van der Waals surface area contributed by atoms with Crippen molar-refractivity contribution in [1.82, 2.24) is 0 Å². The molecule has 0 bridgehead atoms. The summed E-state index contributed by atoms with van der Waals surface area (Å²) >= 11 is 0. The Bertz CT molecular complexity index is 750. The van der Waals surface area contributed by atoms with Crippen LogP contribution in [0.25, 0.3) is 0 Å². The zero-order valence-corrected chi connectivity index (χ0v) is 16.2. The average molecular weight is 358 g/mol. The van der Waals surface area contributed by atoms with Crippen LogP contribution in [0.1, 0.15) is 26.3 Å². The van der Waals surface area contributed by atoms with E-state index < -0.39 is 0 Å². The lowest BCUT2D eigenvalue weighted by atomic mass is 9.85. The first-order valence-corrected chi connectivity index (χ1v) is 8.29. The van der Waals surface area contributed by atoms with Gasteiger partial charge in [0.05, 0.1) is 19.9 Å². The summed E-state index contributed by atoms with van der Waals surface area (Å²) in [6, 6.07) is 11.1. The standard InChI is InChI=1S/C20H26N2O4/c1-20(2,3)17-11-16(25-6)12-18(19(17)26-13-23-4)22-21-14-7-9-15(24-5)10-8-14/h7-12H,13H2,1-6H3/b22-21+. The van der Waals surface area contributed by atoms with E-state index in [1.165, 1.54) is 0 Å². The lowest BCUT2D eigenvalue weighted by molar-refractivity contribution is 0.0501. The first kappa shape index (κ1) is 19.7. The molecule has 0 saturated heterocycles. The third-order valence-corrected chi connectivity index (χ3v) is 3.75. The largest absolute Gasteiger partial charge is 0.497 e. The fraction of sp³-hybridized carbons (Fsp3) is 0.400. The Morgan fingerprint density at radius 2 is 1.50 bits per heavy atom. The van der Waals surface area contributed by atoms with E-state index in [1.54, 1.807) is 27.4 Å². The van der Waals surface area contributed by atoms with Crippen LogP contribution in [0.2, 0.25) is 0 Å². The SMILES string of the molecule is COCOc1c(/N=N/c2ccc(OC)cc2)cc(OC)cc1C(C)(C)C. The minimum absolute atomic E-state index is 0.125. The molecule has 0 radical (unpaired) electrons. The zero-order chi connectivity index (χ0) is 19.2. The molecule has 0 aliphatic rings. The molecule has 6 nitrogen and oxygen atoms in total. The number of methoxy groups -OCH3 is 3. The third-order valence-electron chi connectivity index (χ3n) is 3.75. The molecule has 0 aliphatic heterocycles. The third kappa shape index (κ3) is 4.95. The van der Waals surface area contributed by atoms with Crippen LogP contribution >= 0.6 is 0 Å². The van der Waals surface area contributed by atoms with Gasteiger partial charge in [-0.25, -0.2) is 0 Å². The van der Waals surface area contributed by atoms with Crippen molar-refractivity contribution in [3.8, 4) is 17.2 Å². The van der Waals surface area contributed by atoms with Crippen LogP contribution in [0, 0.1) is 0 Å². The van der Waals surface area contributed by atoms with Gasteiger partial charge in [-0.05, 0) is 35.7 Å². The summed E-state index contributed by atoms with van der Waals surface area (Å²) in [5.41, 5.74) is 2.10. The lowest BCUT2D eigenvalue weighted by Crippen LogP contribution is -2.14. The Balaban J connectivity index is 2.47. The van der Waals surface area contributed by atoms with Crippen molar-refractivity contribution in [1.29, 1.82) is 0 Å². The smallest absolute Gasteiger partial charge is 0.188 e. The highest BCUT2D eigenvalue weighted by atomic mass is 16.7. The van der Waals surface area contributed by atoms with Gasteiger partial charge in [-0.3, -0.25) is 0 Å². The predicted molar refractivity (Wildman–Crippen MR) is 101 cm³/mol. The summed E-state index contributed by atoms with van der Waals surface area (Å²) in [5, 5.41) is 8.70. The molecule has 26 heavy (non-hydrogen) atoms. The molecular formula is C20H26N2O4. The maximum absolute atomic E-state index is 5.82. The van der Waals surface area contributed by atoms with Gasteiger partial charge in [0.25, 0.3) is 0 Å². The molecule has 2 aromatic carbocycles. The van der Waals surface area contributed by atoms with E-state index in [0.717, 1.165) is 11.3 Å². The fourth-order valence-electron chi connectivity index (χ4n) is 2.37. The van der Waals surface area contributed by atoms with Crippen molar-refractivity contribution in [3.05, 3.63) is 42.0 Å². The van der Waals surface area contributed by atoms with Crippen LogP contribution in [0.15, 0.2) is 46.6 Å². The van der Waals surface area contributed by atoms with Gasteiger partial charge in [-0.15, -0.1) is 5.11 Å². The van der Waals surface area contributed by atoms with Crippen molar-refractivity contribution < 1.29 is 18.9 Å². The first-order chi connectivity index (χ1) is 12.4. The molecule has 0 N–H and O–H groups in total. The monoisotopic (exact) mass is 358 g/mol. The second kappa shape index (κ2) is 8.67. The van der Waals surface area contributed by atoms with Crippen LogP contribution < -0.4 is 14.2 Å². The van der Waals surface area contributed by atoms with Crippen LogP contribution in [0.3, 0.4) is 0 Å². The number of azo groups is 1. The van der Waals surface area contributed by atoms with Gasteiger partial charge in [0.1, 0.15) is 17.2 Å². The van der Waals surface area contributed by atoms with Crippen molar-refractivity contribution in [2.45, 2.75) is 26.2 Å². The Morgan fingerprint density at radius 1 is 0.846 bits per heavy atom. The lowest BCUT2D eigenvalue weighted by Gasteiger charge is -2.24. The molecule has 0 unspecified atom stereocenters. The molecule has 0 atom stereocenters. The van der Waals surface area contributed by atoms with Crippen molar-refractivity contribution in [2.24, 2.45) is 10.2 Å². The van der Waals surface area contributed by atoms with E-state index in [4.69, 9.17) is 18.9 Å². The van der Waals surface area contributed by atoms with Crippen molar-refractivity contribution >= 4 is 11.4 Å². The van der Waals surface area contributed by atoms with E-state index in [0.29, 0.717) is 22.9 Å². The summed E-state index contributed by atoms with van der Waals surface area (Å²) in [6.07, 6.45) is 0. The van der Waals surface area contributed by atoms with Gasteiger partial charge in [0.15, 0.2) is 12.5 Å². The maximum Gasteiger partial charge on any atom is 0.188 e. The van der Waals surface area contributed by atoms with Gasteiger partial charge < -0.3 is 18.9 Å². The van der Waals surface area contributed by atoms with Crippen LogP contribution in [0.5, 0.6) is 17.2 Å². The average Bonchev–Trinajstić information content (AvgIpc) is 2.64. The molecule has 0 aromatic heterocycles. The zero-order valence-electron chi connectivity index (χ0n) is 16.2. The van der Waals surface area contributed by atoms with Gasteiger partial charge >= 0.3 is 0 Å². The second-order valence-corrected chi connectivity index (χ2v) is 6.72. The Kier molecular flexibility index (Phi) is 6.58. The summed E-state index contributed by atoms with van der Waals surface area (Å²) in [4.78, 5) is 0.